The van der Waals surface area contributed by atoms with E-state index in [9.17, 15) is 14.0 Å². The molecule has 1 aromatic carbocycles. The highest BCUT2D eigenvalue weighted by Crippen LogP contribution is 2.33. The number of urea groups is 1. The fraction of sp³-hybridized carbons (Fsp3) is 0.176. The van der Waals surface area contributed by atoms with Gasteiger partial charge in [0.05, 0.1) is 30.4 Å². The number of carbonyl (C=O) groups is 2. The summed E-state index contributed by atoms with van der Waals surface area (Å²) in [5.74, 6) is -0.467. The lowest BCUT2D eigenvalue weighted by Crippen LogP contribution is -2.44. The maximum Gasteiger partial charge on any atom is 0.319 e. The number of nitrogens with one attached hydrogen (secondary N) is 2. The van der Waals surface area contributed by atoms with Crippen molar-refractivity contribution in [1.29, 1.82) is 0 Å². The first-order valence-electron chi connectivity index (χ1n) is 7.49. The van der Waals surface area contributed by atoms with Crippen molar-refractivity contribution >= 4 is 23.3 Å². The van der Waals surface area contributed by atoms with Gasteiger partial charge in [-0.05, 0) is 29.1 Å². The molecule has 0 aliphatic carbocycles. The molecule has 3 amide bonds. The van der Waals surface area contributed by atoms with E-state index in [0.29, 0.717) is 29.9 Å². The van der Waals surface area contributed by atoms with E-state index in [2.05, 4.69) is 10.6 Å². The number of benzene rings is 1. The molecule has 0 saturated heterocycles. The van der Waals surface area contributed by atoms with Gasteiger partial charge in [0.1, 0.15) is 5.82 Å². The molecule has 0 fully saturated rings. The van der Waals surface area contributed by atoms with Crippen molar-refractivity contribution in [3.8, 4) is 0 Å². The molecule has 0 radical (unpaired) electrons. The minimum atomic E-state index is -0.560. The minimum absolute atomic E-state index is 0.111. The van der Waals surface area contributed by atoms with Gasteiger partial charge >= 0.3 is 6.03 Å². The zero-order valence-electron chi connectivity index (χ0n) is 12.6. The van der Waals surface area contributed by atoms with Gasteiger partial charge in [0, 0.05) is 4.88 Å². The highest BCUT2D eigenvalue weighted by Gasteiger charge is 2.40. The second-order valence-corrected chi connectivity index (χ2v) is 6.75. The summed E-state index contributed by atoms with van der Waals surface area (Å²) in [6.45, 7) is 0.882. The predicted octanol–water partition coefficient (Wildman–Crippen LogP) is 2.54. The van der Waals surface area contributed by atoms with Crippen molar-refractivity contribution in [2.24, 2.45) is 0 Å². The molecule has 0 unspecified atom stereocenters. The van der Waals surface area contributed by atoms with E-state index in [1.165, 1.54) is 12.1 Å². The number of carbonyl (C=O) groups excluding carboxylic acids is 2. The van der Waals surface area contributed by atoms with Gasteiger partial charge in [-0.2, -0.15) is 0 Å². The van der Waals surface area contributed by atoms with Crippen molar-refractivity contribution in [2.75, 3.05) is 6.54 Å². The van der Waals surface area contributed by atoms with Crippen LogP contribution in [-0.4, -0.2) is 23.4 Å². The molecular weight excluding hydrogens is 329 g/mol. The summed E-state index contributed by atoms with van der Waals surface area (Å²) in [4.78, 5) is 27.6. The van der Waals surface area contributed by atoms with Crippen molar-refractivity contribution in [3.05, 3.63) is 69.3 Å². The molecule has 2 aliphatic rings. The van der Waals surface area contributed by atoms with Crippen LogP contribution in [0.3, 0.4) is 0 Å². The molecule has 24 heavy (non-hydrogen) atoms. The van der Waals surface area contributed by atoms with Gasteiger partial charge in [0.15, 0.2) is 0 Å². The van der Waals surface area contributed by atoms with Crippen LogP contribution in [0, 0.1) is 5.82 Å². The van der Waals surface area contributed by atoms with Crippen LogP contribution >= 0.6 is 11.3 Å². The summed E-state index contributed by atoms with van der Waals surface area (Å²) < 4.78 is 13.2. The number of nitrogens with zero attached hydrogens (tertiary/aromatic N) is 1. The summed E-state index contributed by atoms with van der Waals surface area (Å²) in [5.41, 5.74) is 1.83. The van der Waals surface area contributed by atoms with E-state index in [0.717, 1.165) is 4.88 Å². The summed E-state index contributed by atoms with van der Waals surface area (Å²) in [5, 5.41) is 7.45. The first-order valence-corrected chi connectivity index (χ1v) is 8.37. The summed E-state index contributed by atoms with van der Waals surface area (Å²) in [6.07, 6.45) is 0. The van der Waals surface area contributed by atoms with Crippen LogP contribution in [0.2, 0.25) is 0 Å². The number of amides is 3. The van der Waals surface area contributed by atoms with E-state index >= 15 is 0 Å². The standard InChI is InChI=1S/C17H14FN3O2S/c18-11-5-3-10(4-6-11)15-14-13(19-17(23)20-15)9-21(16(14)22)8-12-2-1-7-24-12/h1-7,15H,8-9H2,(H2,19,20,23)/t15-/m0/s1. The zero-order chi connectivity index (χ0) is 16.7. The quantitative estimate of drug-likeness (QED) is 0.900. The van der Waals surface area contributed by atoms with E-state index in [-0.39, 0.29) is 17.8 Å². The van der Waals surface area contributed by atoms with Crippen molar-refractivity contribution in [1.82, 2.24) is 15.5 Å². The molecule has 0 bridgehead atoms. The molecule has 2 aliphatic heterocycles. The van der Waals surface area contributed by atoms with Crippen LogP contribution in [0.1, 0.15) is 16.5 Å². The van der Waals surface area contributed by atoms with Gasteiger partial charge < -0.3 is 15.5 Å². The Labute approximate surface area is 141 Å². The number of thiophene rings is 1. The summed E-state index contributed by atoms with van der Waals surface area (Å²) in [6, 6.07) is 8.84. The molecule has 2 aromatic rings. The Kier molecular flexibility index (Phi) is 3.57. The monoisotopic (exact) mass is 343 g/mol. The van der Waals surface area contributed by atoms with Crippen LogP contribution in [0.25, 0.3) is 0 Å². The van der Waals surface area contributed by atoms with E-state index < -0.39 is 6.04 Å². The third kappa shape index (κ3) is 2.56. The average Bonchev–Trinajstić information content (AvgIpc) is 3.17. The molecule has 122 valence electrons. The second kappa shape index (κ2) is 5.76. The van der Waals surface area contributed by atoms with Gasteiger partial charge in [-0.1, -0.05) is 18.2 Å². The Morgan fingerprint density at radius 3 is 2.71 bits per heavy atom. The lowest BCUT2D eigenvalue weighted by Gasteiger charge is -2.25. The fourth-order valence-corrected chi connectivity index (χ4v) is 3.77. The fourth-order valence-electron chi connectivity index (χ4n) is 3.05. The molecular formula is C17H14FN3O2S. The molecule has 1 atom stereocenters. The maximum atomic E-state index is 13.2. The summed E-state index contributed by atoms with van der Waals surface area (Å²) >= 11 is 1.59. The zero-order valence-corrected chi connectivity index (χ0v) is 13.4. The predicted molar refractivity (Wildman–Crippen MR) is 87.6 cm³/mol. The largest absolute Gasteiger partial charge is 0.328 e. The Balaban J connectivity index is 1.64. The normalized spacial score (nSPS) is 20.0. The van der Waals surface area contributed by atoms with Crippen molar-refractivity contribution in [3.63, 3.8) is 0 Å². The smallest absolute Gasteiger partial charge is 0.319 e. The Bertz CT molecular complexity index is 830. The third-order valence-corrected chi connectivity index (χ3v) is 5.01. The van der Waals surface area contributed by atoms with E-state index in [4.69, 9.17) is 0 Å². The lowest BCUT2D eigenvalue weighted by molar-refractivity contribution is -0.126. The molecule has 7 heteroatoms. The van der Waals surface area contributed by atoms with Crippen molar-refractivity contribution in [2.45, 2.75) is 12.6 Å². The van der Waals surface area contributed by atoms with Gasteiger partial charge in [-0.15, -0.1) is 11.3 Å². The average molecular weight is 343 g/mol. The summed E-state index contributed by atoms with van der Waals surface area (Å²) in [7, 11) is 0. The van der Waals surface area contributed by atoms with Gasteiger partial charge in [-0.3, -0.25) is 4.79 Å². The number of hydrogen-bond donors (Lipinski definition) is 2. The van der Waals surface area contributed by atoms with Crippen LogP contribution in [0.4, 0.5) is 9.18 Å². The topological polar surface area (TPSA) is 61.4 Å². The number of rotatable bonds is 3. The van der Waals surface area contributed by atoms with Crippen LogP contribution in [-0.2, 0) is 11.3 Å². The molecule has 1 aromatic heterocycles. The maximum absolute atomic E-state index is 13.2. The minimum Gasteiger partial charge on any atom is -0.328 e. The molecule has 0 saturated carbocycles. The first-order chi connectivity index (χ1) is 11.6. The highest BCUT2D eigenvalue weighted by atomic mass is 32.1. The Hall–Kier alpha value is -2.67. The van der Waals surface area contributed by atoms with Gasteiger partial charge in [0.2, 0.25) is 0 Å². The molecule has 4 rings (SSSR count). The molecule has 2 N–H and O–H groups in total. The van der Waals surface area contributed by atoms with Crippen LogP contribution in [0.5, 0.6) is 0 Å². The molecule has 5 nitrogen and oxygen atoms in total. The van der Waals surface area contributed by atoms with Gasteiger partial charge in [0.25, 0.3) is 5.91 Å². The first kappa shape index (κ1) is 14.9. The second-order valence-electron chi connectivity index (χ2n) is 5.72. The van der Waals surface area contributed by atoms with Crippen LogP contribution in [0.15, 0.2) is 53.0 Å². The lowest BCUT2D eigenvalue weighted by atomic mass is 9.96. The number of hydrogen-bond acceptors (Lipinski definition) is 3. The van der Waals surface area contributed by atoms with Crippen LogP contribution < -0.4 is 10.6 Å². The SMILES string of the molecule is O=C1NC2=C(C(=O)N(Cc3cccs3)C2)[C@H](c2ccc(F)cc2)N1. The Morgan fingerprint density at radius 2 is 2.00 bits per heavy atom. The van der Waals surface area contributed by atoms with Gasteiger partial charge in [-0.25, -0.2) is 9.18 Å². The number of halogens is 1. The third-order valence-electron chi connectivity index (χ3n) is 4.15. The molecule has 3 heterocycles. The van der Waals surface area contributed by atoms with E-state index in [1.54, 1.807) is 28.4 Å². The van der Waals surface area contributed by atoms with Crippen molar-refractivity contribution < 1.29 is 14.0 Å². The Morgan fingerprint density at radius 1 is 1.21 bits per heavy atom. The van der Waals surface area contributed by atoms with E-state index in [1.807, 2.05) is 17.5 Å². The highest BCUT2D eigenvalue weighted by molar-refractivity contribution is 7.09. The molecule has 0 spiro atoms.